The van der Waals surface area contributed by atoms with Crippen molar-refractivity contribution < 1.29 is 4.74 Å². The van der Waals surface area contributed by atoms with Crippen molar-refractivity contribution in [2.45, 2.75) is 32.8 Å². The molecule has 0 amide bonds. The molecule has 2 aromatic rings. The molecule has 1 aromatic carbocycles. The van der Waals surface area contributed by atoms with Crippen LogP contribution in [0.1, 0.15) is 26.7 Å². The van der Waals surface area contributed by atoms with Gasteiger partial charge in [0.2, 0.25) is 0 Å². The van der Waals surface area contributed by atoms with Crippen molar-refractivity contribution in [2.24, 2.45) is 0 Å². The van der Waals surface area contributed by atoms with Crippen LogP contribution in [-0.2, 0) is 0 Å². The van der Waals surface area contributed by atoms with Gasteiger partial charge in [0, 0.05) is 0 Å². The first-order valence-electron chi connectivity index (χ1n) is 5.32. The molecule has 0 spiro atoms. The summed E-state index contributed by atoms with van der Waals surface area (Å²) in [7, 11) is 0. The molecule has 0 aliphatic rings. The highest BCUT2D eigenvalue weighted by molar-refractivity contribution is 7.20. The van der Waals surface area contributed by atoms with E-state index >= 15 is 0 Å². The largest absolute Gasteiger partial charge is 0.467 e. The third kappa shape index (κ3) is 2.48. The van der Waals surface area contributed by atoms with Crippen LogP contribution >= 0.6 is 11.3 Å². The summed E-state index contributed by atoms with van der Waals surface area (Å²) in [5, 5.41) is 0.789. The molecule has 0 bridgehead atoms. The summed E-state index contributed by atoms with van der Waals surface area (Å²) in [6, 6.07) is 8.12. The van der Waals surface area contributed by atoms with Crippen LogP contribution in [0.2, 0.25) is 0 Å². The highest BCUT2D eigenvalue weighted by atomic mass is 32.1. The van der Waals surface area contributed by atoms with E-state index in [9.17, 15) is 0 Å². The SMILES string of the molecule is CCC[C@@H](C)Oc1nc2ccccc2s1. The van der Waals surface area contributed by atoms with Gasteiger partial charge < -0.3 is 4.74 Å². The molecule has 0 saturated carbocycles. The molecule has 1 heterocycles. The van der Waals surface area contributed by atoms with Crippen LogP contribution in [0.15, 0.2) is 24.3 Å². The second kappa shape index (κ2) is 4.62. The Kier molecular flexibility index (Phi) is 3.21. The first kappa shape index (κ1) is 10.4. The summed E-state index contributed by atoms with van der Waals surface area (Å²) in [5.41, 5.74) is 1.03. The first-order valence-corrected chi connectivity index (χ1v) is 6.13. The van der Waals surface area contributed by atoms with Gasteiger partial charge in [0.05, 0.1) is 16.3 Å². The van der Waals surface area contributed by atoms with Gasteiger partial charge in [-0.2, -0.15) is 0 Å². The Morgan fingerprint density at radius 1 is 1.40 bits per heavy atom. The first-order chi connectivity index (χ1) is 7.29. The lowest BCUT2D eigenvalue weighted by Crippen LogP contribution is -2.10. The molecule has 80 valence electrons. The van der Waals surface area contributed by atoms with Gasteiger partial charge in [0.1, 0.15) is 0 Å². The van der Waals surface area contributed by atoms with E-state index in [-0.39, 0.29) is 6.10 Å². The molecule has 0 unspecified atom stereocenters. The highest BCUT2D eigenvalue weighted by Crippen LogP contribution is 2.28. The molecular weight excluding hydrogens is 206 g/mol. The average molecular weight is 221 g/mol. The molecule has 3 heteroatoms. The number of fused-ring (bicyclic) bond motifs is 1. The maximum Gasteiger partial charge on any atom is 0.274 e. The molecule has 2 nitrogen and oxygen atoms in total. The summed E-state index contributed by atoms with van der Waals surface area (Å²) in [4.78, 5) is 4.43. The molecule has 15 heavy (non-hydrogen) atoms. The van der Waals surface area contributed by atoms with E-state index in [1.54, 1.807) is 11.3 Å². The Labute approximate surface area is 93.9 Å². The van der Waals surface area contributed by atoms with E-state index in [2.05, 4.69) is 24.9 Å². The number of hydrogen-bond acceptors (Lipinski definition) is 3. The van der Waals surface area contributed by atoms with Crippen LogP contribution < -0.4 is 4.74 Å². The van der Waals surface area contributed by atoms with Gasteiger partial charge in [-0.05, 0) is 25.5 Å². The van der Waals surface area contributed by atoms with Gasteiger partial charge in [-0.25, -0.2) is 4.98 Å². The van der Waals surface area contributed by atoms with E-state index in [0.717, 1.165) is 23.6 Å². The molecule has 0 aliphatic heterocycles. The van der Waals surface area contributed by atoms with Crippen molar-refractivity contribution in [1.29, 1.82) is 0 Å². The number of rotatable bonds is 4. The lowest BCUT2D eigenvalue weighted by molar-refractivity contribution is 0.209. The van der Waals surface area contributed by atoms with Gasteiger partial charge >= 0.3 is 0 Å². The number of nitrogens with zero attached hydrogens (tertiary/aromatic N) is 1. The molecule has 0 aliphatic carbocycles. The fraction of sp³-hybridized carbons (Fsp3) is 0.417. The molecule has 0 saturated heterocycles. The average Bonchev–Trinajstić information content (AvgIpc) is 2.59. The highest BCUT2D eigenvalue weighted by Gasteiger charge is 2.07. The van der Waals surface area contributed by atoms with Crippen LogP contribution in [-0.4, -0.2) is 11.1 Å². The second-order valence-corrected chi connectivity index (χ2v) is 4.66. The van der Waals surface area contributed by atoms with Crippen LogP contribution in [0.25, 0.3) is 10.2 Å². The Balaban J connectivity index is 2.15. The summed E-state index contributed by atoms with van der Waals surface area (Å²) >= 11 is 1.62. The quantitative estimate of drug-likeness (QED) is 0.782. The number of ether oxygens (including phenoxy) is 1. The minimum atomic E-state index is 0.260. The van der Waals surface area contributed by atoms with Gasteiger partial charge in [-0.1, -0.05) is 36.8 Å². The molecule has 1 atom stereocenters. The zero-order valence-electron chi connectivity index (χ0n) is 9.06. The van der Waals surface area contributed by atoms with Crippen molar-refractivity contribution >= 4 is 21.6 Å². The van der Waals surface area contributed by atoms with Crippen LogP contribution in [0.4, 0.5) is 0 Å². The van der Waals surface area contributed by atoms with Crippen LogP contribution in [0.3, 0.4) is 0 Å². The Morgan fingerprint density at radius 3 is 2.93 bits per heavy atom. The molecule has 1 aromatic heterocycles. The van der Waals surface area contributed by atoms with Gasteiger partial charge in [-0.3, -0.25) is 0 Å². The Morgan fingerprint density at radius 2 is 2.20 bits per heavy atom. The lowest BCUT2D eigenvalue weighted by atomic mass is 10.2. The van der Waals surface area contributed by atoms with Crippen molar-refractivity contribution in [3.8, 4) is 5.19 Å². The second-order valence-electron chi connectivity index (χ2n) is 3.66. The summed E-state index contributed by atoms with van der Waals surface area (Å²) in [6.07, 6.45) is 2.48. The molecule has 2 rings (SSSR count). The fourth-order valence-electron chi connectivity index (χ4n) is 1.54. The van der Waals surface area contributed by atoms with E-state index in [4.69, 9.17) is 4.74 Å². The zero-order chi connectivity index (χ0) is 10.7. The van der Waals surface area contributed by atoms with Crippen LogP contribution in [0.5, 0.6) is 5.19 Å². The molecule has 0 fully saturated rings. The van der Waals surface area contributed by atoms with E-state index < -0.39 is 0 Å². The normalized spacial score (nSPS) is 12.9. The third-order valence-electron chi connectivity index (χ3n) is 2.27. The van der Waals surface area contributed by atoms with Crippen LogP contribution in [0, 0.1) is 0 Å². The molecule has 0 N–H and O–H groups in total. The minimum Gasteiger partial charge on any atom is -0.467 e. The monoisotopic (exact) mass is 221 g/mol. The zero-order valence-corrected chi connectivity index (χ0v) is 9.88. The van der Waals surface area contributed by atoms with Crippen molar-refractivity contribution in [2.75, 3.05) is 0 Å². The Hall–Kier alpha value is -1.09. The maximum atomic E-state index is 5.75. The van der Waals surface area contributed by atoms with E-state index in [0.29, 0.717) is 0 Å². The van der Waals surface area contributed by atoms with Crippen molar-refractivity contribution in [1.82, 2.24) is 4.98 Å². The number of thiazole rings is 1. The Bertz CT molecular complexity index is 405. The smallest absolute Gasteiger partial charge is 0.274 e. The van der Waals surface area contributed by atoms with E-state index in [1.807, 2.05) is 18.2 Å². The minimum absolute atomic E-state index is 0.260. The van der Waals surface area contributed by atoms with Gasteiger partial charge in [0.25, 0.3) is 5.19 Å². The van der Waals surface area contributed by atoms with Gasteiger partial charge in [-0.15, -0.1) is 0 Å². The summed E-state index contributed by atoms with van der Waals surface area (Å²) < 4.78 is 6.94. The number of para-hydroxylation sites is 1. The summed E-state index contributed by atoms with van der Waals surface area (Å²) in [5.74, 6) is 0. The lowest BCUT2D eigenvalue weighted by Gasteiger charge is -2.09. The molecular formula is C12H15NOS. The standard InChI is InChI=1S/C12H15NOS/c1-3-6-9(2)14-12-13-10-7-4-5-8-11(10)15-12/h4-5,7-9H,3,6H2,1-2H3/t9-/m1/s1. The summed E-state index contributed by atoms with van der Waals surface area (Å²) in [6.45, 7) is 4.26. The number of aromatic nitrogens is 1. The number of hydrogen-bond donors (Lipinski definition) is 0. The van der Waals surface area contributed by atoms with E-state index in [1.165, 1.54) is 4.70 Å². The maximum absolute atomic E-state index is 5.75. The van der Waals surface area contributed by atoms with Crippen molar-refractivity contribution in [3.05, 3.63) is 24.3 Å². The molecule has 0 radical (unpaired) electrons. The van der Waals surface area contributed by atoms with Crippen molar-refractivity contribution in [3.63, 3.8) is 0 Å². The number of benzene rings is 1. The predicted molar refractivity (Wildman–Crippen MR) is 64.6 cm³/mol. The topological polar surface area (TPSA) is 22.1 Å². The fourth-order valence-corrected chi connectivity index (χ4v) is 2.45. The third-order valence-corrected chi connectivity index (χ3v) is 3.20. The van der Waals surface area contributed by atoms with Gasteiger partial charge in [0.15, 0.2) is 0 Å². The predicted octanol–water partition coefficient (Wildman–Crippen LogP) is 3.86.